The molecular weight excluding hydrogens is 1510 g/mol. The minimum atomic E-state index is 1.18. The van der Waals surface area contributed by atoms with Crippen LogP contribution in [0, 0.1) is 0 Å². The molecule has 0 fully saturated rings. The first kappa shape index (κ1) is 72.5. The third kappa shape index (κ3) is 12.8. The summed E-state index contributed by atoms with van der Waals surface area (Å²) in [5, 5.41) is 28.1. The van der Waals surface area contributed by atoms with E-state index in [0.29, 0.717) is 0 Å². The quantitative estimate of drug-likeness (QED) is 0.128. The van der Waals surface area contributed by atoms with E-state index in [2.05, 4.69) is 493 Å². The molecule has 3 aromatic heterocycles. The summed E-state index contributed by atoms with van der Waals surface area (Å²) in [6.07, 6.45) is 0. The summed E-state index contributed by atoms with van der Waals surface area (Å²) in [4.78, 5) is 0. The molecule has 23 aromatic carbocycles. The third-order valence-corrected chi connectivity index (χ3v) is 25.9. The molecule has 0 N–H and O–H groups in total. The summed E-state index contributed by atoms with van der Waals surface area (Å²) in [6, 6.07) is 175. The summed E-state index contributed by atoms with van der Waals surface area (Å²) >= 11 is 0. The van der Waals surface area contributed by atoms with Crippen LogP contribution < -0.4 is 0 Å². The molecule has 0 amide bonds. The molecule has 125 heavy (non-hydrogen) atoms. The highest BCUT2D eigenvalue weighted by Crippen LogP contribution is 2.44. The summed E-state index contributed by atoms with van der Waals surface area (Å²) in [5.74, 6) is 0. The highest BCUT2D eigenvalue weighted by Gasteiger charge is 2.20. The van der Waals surface area contributed by atoms with Crippen LogP contribution in [0.1, 0.15) is 0 Å². The first-order chi connectivity index (χ1) is 61.9. The molecule has 26 aromatic rings. The van der Waals surface area contributed by atoms with E-state index in [1.807, 2.05) is 0 Å². The van der Waals surface area contributed by atoms with Gasteiger partial charge in [-0.05, 0) is 268 Å². The van der Waals surface area contributed by atoms with Gasteiger partial charge in [0.15, 0.2) is 0 Å². The maximum Gasteiger partial charge on any atom is 0.0541 e. The molecule has 3 heteroatoms. The van der Waals surface area contributed by atoms with E-state index in [-0.39, 0.29) is 0 Å². The van der Waals surface area contributed by atoms with Crippen LogP contribution in [0.15, 0.2) is 479 Å². The fraction of sp³-hybridized carbons (Fsp3) is 0. The smallest absolute Gasteiger partial charge is 0.0541 e. The Morgan fingerprint density at radius 3 is 0.776 bits per heavy atom. The SMILES string of the molecule is c1cc(-c2ccc3c(c2)c2ccccc2n3-c2ccc3ccccc3c2)cc(-c2cccc3ccccc23)c1.c1cc(-c2ccc3ccccc3c2)cc(-c2ccc3c(c2)c2ccccc2n3-c2ccc3ccccc3c2)c1.c1ccc2cc(-n3c4ccccc4c4cc(-c5ccc(-c6ccc7c8ccccc8c8ccccc8c7c6)cc5)ccc43)ccc2c1. The minimum absolute atomic E-state index is 1.18. The summed E-state index contributed by atoms with van der Waals surface area (Å²) in [5.41, 5.74) is 25.7. The van der Waals surface area contributed by atoms with E-state index in [0.717, 1.165) is 0 Å². The molecule has 0 spiro atoms. The van der Waals surface area contributed by atoms with Crippen molar-refractivity contribution in [2.24, 2.45) is 0 Å². The third-order valence-electron chi connectivity index (χ3n) is 25.9. The van der Waals surface area contributed by atoms with Crippen molar-refractivity contribution in [1.29, 1.82) is 0 Å². The molecule has 3 nitrogen and oxygen atoms in total. The number of fused-ring (bicyclic) bond motifs is 20. The van der Waals surface area contributed by atoms with Crippen LogP contribution in [0.2, 0.25) is 0 Å². The van der Waals surface area contributed by atoms with Gasteiger partial charge in [0.1, 0.15) is 0 Å². The van der Waals surface area contributed by atoms with Gasteiger partial charge in [-0.2, -0.15) is 0 Å². The van der Waals surface area contributed by atoms with Crippen LogP contribution in [0.4, 0.5) is 0 Å². The van der Waals surface area contributed by atoms with Gasteiger partial charge >= 0.3 is 0 Å². The van der Waals surface area contributed by atoms with Crippen LogP contribution in [0.3, 0.4) is 0 Å². The second kappa shape index (κ2) is 30.4. The van der Waals surface area contributed by atoms with Crippen LogP contribution >= 0.6 is 0 Å². The first-order valence-electron chi connectivity index (χ1n) is 43.1. The molecule has 0 aliphatic heterocycles. The normalized spacial score (nSPS) is 11.7. The minimum Gasteiger partial charge on any atom is -0.309 e. The van der Waals surface area contributed by atoms with Gasteiger partial charge in [0.2, 0.25) is 0 Å². The number of aromatic nitrogens is 3. The number of nitrogens with zero attached hydrogens (tertiary/aromatic N) is 3. The number of rotatable bonds is 9. The summed E-state index contributed by atoms with van der Waals surface area (Å²) in [7, 11) is 0. The van der Waals surface area contributed by atoms with Crippen LogP contribution in [-0.2, 0) is 0 Å². The maximum atomic E-state index is 2.40. The average molecular weight is 1590 g/mol. The Balaban J connectivity index is 0.000000106. The molecule has 0 saturated carbocycles. The Kier molecular flexibility index (Phi) is 17.6. The van der Waals surface area contributed by atoms with E-state index < -0.39 is 0 Å². The van der Waals surface area contributed by atoms with Crippen molar-refractivity contribution >= 4 is 152 Å². The first-order valence-corrected chi connectivity index (χ1v) is 43.1. The molecule has 0 bridgehead atoms. The second-order valence-electron chi connectivity index (χ2n) is 33.0. The number of benzene rings is 23. The predicted octanol–water partition coefficient (Wildman–Crippen LogP) is 33.6. The summed E-state index contributed by atoms with van der Waals surface area (Å²) in [6.45, 7) is 0. The van der Waals surface area contributed by atoms with Gasteiger partial charge in [-0.15, -0.1) is 0 Å². The fourth-order valence-corrected chi connectivity index (χ4v) is 19.8. The second-order valence-corrected chi connectivity index (χ2v) is 33.0. The van der Waals surface area contributed by atoms with Crippen LogP contribution in [0.25, 0.3) is 235 Å². The molecule has 0 aliphatic carbocycles. The van der Waals surface area contributed by atoms with Gasteiger partial charge in [0, 0.05) is 49.4 Å². The van der Waals surface area contributed by atoms with E-state index in [1.165, 1.54) is 235 Å². The van der Waals surface area contributed by atoms with Gasteiger partial charge in [0.25, 0.3) is 0 Å². The van der Waals surface area contributed by atoms with E-state index in [9.17, 15) is 0 Å². The monoisotopic (exact) mass is 1590 g/mol. The van der Waals surface area contributed by atoms with Crippen molar-refractivity contribution < 1.29 is 0 Å². The van der Waals surface area contributed by atoms with Crippen molar-refractivity contribution in [3.8, 4) is 83.8 Å². The van der Waals surface area contributed by atoms with E-state index in [4.69, 9.17) is 0 Å². The Morgan fingerprint density at radius 2 is 0.352 bits per heavy atom. The average Bonchev–Trinajstić information content (AvgIpc) is 1.74. The van der Waals surface area contributed by atoms with Crippen LogP contribution in [-0.4, -0.2) is 13.7 Å². The molecule has 3 heterocycles. The Hall–Kier alpha value is -16.5. The lowest BCUT2D eigenvalue weighted by Gasteiger charge is -2.12. The molecular formula is C122H79N3. The number of para-hydroxylation sites is 3. The van der Waals surface area contributed by atoms with Gasteiger partial charge < -0.3 is 13.7 Å². The standard InChI is InChI=1S/C46H29N.2C38H25N/c1-2-10-33-27-36(24-21-30(33)9-1)47-45-16-8-7-15-42(45)44-29-35(23-26-46(44)47)32-19-17-31(18-20-32)34-22-25-41-39-13-4-3-11-37(39)38-12-5-6-14-40(38)43(41)28-34;1-3-10-28-22-32(17-16-26(28)8-1)29-12-7-13-30(23-29)33-19-21-38-36(25-33)35-14-5-6-15-37(35)39(38)34-20-18-27-9-2-4-11-31(27)24-34;1-2-11-29-24-32(21-19-26(29)9-1)39-37-18-6-5-16-35(37)36-25-30(20-22-38(36)39)28-13-7-14-31(23-28)34-17-8-12-27-10-3-4-15-33(27)34/h1-29H;2*1-25H. The zero-order valence-corrected chi connectivity index (χ0v) is 68.5. The molecule has 0 unspecified atom stereocenters. The molecule has 582 valence electrons. The van der Waals surface area contributed by atoms with Crippen molar-refractivity contribution in [3.63, 3.8) is 0 Å². The van der Waals surface area contributed by atoms with Crippen molar-refractivity contribution in [1.82, 2.24) is 13.7 Å². The van der Waals surface area contributed by atoms with Gasteiger partial charge in [-0.25, -0.2) is 0 Å². The molecule has 0 atom stereocenters. The topological polar surface area (TPSA) is 14.8 Å². The largest absolute Gasteiger partial charge is 0.309 e. The van der Waals surface area contributed by atoms with Crippen molar-refractivity contribution in [3.05, 3.63) is 479 Å². The predicted molar refractivity (Wildman–Crippen MR) is 535 cm³/mol. The Morgan fingerprint density at radius 1 is 0.104 bits per heavy atom. The van der Waals surface area contributed by atoms with E-state index in [1.54, 1.807) is 0 Å². The highest BCUT2D eigenvalue weighted by molar-refractivity contribution is 6.26. The fourth-order valence-electron chi connectivity index (χ4n) is 19.8. The Labute approximate surface area is 723 Å². The highest BCUT2D eigenvalue weighted by atomic mass is 15.0. The molecule has 0 radical (unpaired) electrons. The molecule has 0 aliphatic rings. The van der Waals surface area contributed by atoms with Crippen LogP contribution in [0.5, 0.6) is 0 Å². The summed E-state index contributed by atoms with van der Waals surface area (Å²) < 4.78 is 7.19. The lowest BCUT2D eigenvalue weighted by molar-refractivity contribution is 1.19. The lowest BCUT2D eigenvalue weighted by atomic mass is 9.92. The number of hydrogen-bond acceptors (Lipinski definition) is 0. The van der Waals surface area contributed by atoms with Gasteiger partial charge in [-0.1, -0.05) is 364 Å². The maximum absolute atomic E-state index is 2.40. The lowest BCUT2D eigenvalue weighted by Crippen LogP contribution is -1.93. The zero-order chi connectivity index (χ0) is 82.4. The zero-order valence-electron chi connectivity index (χ0n) is 68.5. The van der Waals surface area contributed by atoms with Gasteiger partial charge in [-0.3, -0.25) is 0 Å². The van der Waals surface area contributed by atoms with Crippen molar-refractivity contribution in [2.75, 3.05) is 0 Å². The molecule has 0 saturated heterocycles. The molecule has 26 rings (SSSR count). The Bertz CT molecular complexity index is 8770. The van der Waals surface area contributed by atoms with E-state index >= 15 is 0 Å². The number of hydrogen-bond donors (Lipinski definition) is 0. The van der Waals surface area contributed by atoms with Crippen molar-refractivity contribution in [2.45, 2.75) is 0 Å². The van der Waals surface area contributed by atoms with Gasteiger partial charge in [0.05, 0.1) is 33.1 Å².